The van der Waals surface area contributed by atoms with Crippen molar-refractivity contribution in [2.45, 2.75) is 20.0 Å². The standard InChI is InChI=1S/C16H22N4O/c1-12-15(20(4)11-18-12)16(21)17-9-13-6-5-7-14(8-13)10-19(2)3/h5-8,11H,9-10H2,1-4H3,(H,17,21). The van der Waals surface area contributed by atoms with E-state index in [1.54, 1.807) is 10.9 Å². The van der Waals surface area contributed by atoms with Crippen LogP contribution >= 0.6 is 0 Å². The molecule has 0 saturated carbocycles. The Kier molecular flexibility index (Phi) is 4.75. The van der Waals surface area contributed by atoms with E-state index < -0.39 is 0 Å². The number of benzene rings is 1. The summed E-state index contributed by atoms with van der Waals surface area (Å²) >= 11 is 0. The van der Waals surface area contributed by atoms with Gasteiger partial charge in [0.1, 0.15) is 5.69 Å². The summed E-state index contributed by atoms with van der Waals surface area (Å²) in [6.45, 7) is 3.25. The van der Waals surface area contributed by atoms with Crippen LogP contribution in [0, 0.1) is 6.92 Å². The van der Waals surface area contributed by atoms with E-state index in [2.05, 4.69) is 27.3 Å². The minimum atomic E-state index is -0.0921. The van der Waals surface area contributed by atoms with Crippen LogP contribution in [0.1, 0.15) is 27.3 Å². The van der Waals surface area contributed by atoms with Gasteiger partial charge in [0.2, 0.25) is 0 Å². The Hall–Kier alpha value is -2.14. The van der Waals surface area contributed by atoms with Gasteiger partial charge in [0.25, 0.3) is 5.91 Å². The number of hydrogen-bond acceptors (Lipinski definition) is 3. The molecule has 1 amide bonds. The third kappa shape index (κ3) is 3.92. The number of aromatic nitrogens is 2. The fourth-order valence-corrected chi connectivity index (χ4v) is 2.34. The number of hydrogen-bond donors (Lipinski definition) is 1. The molecule has 0 fully saturated rings. The third-order valence-electron chi connectivity index (χ3n) is 3.28. The first-order valence-electron chi connectivity index (χ1n) is 6.96. The molecular formula is C16H22N4O. The quantitative estimate of drug-likeness (QED) is 0.910. The summed E-state index contributed by atoms with van der Waals surface area (Å²) in [5.74, 6) is -0.0921. The van der Waals surface area contributed by atoms with Crippen LogP contribution in [-0.2, 0) is 20.1 Å². The van der Waals surface area contributed by atoms with Crippen LogP contribution in [0.2, 0.25) is 0 Å². The van der Waals surface area contributed by atoms with Crippen molar-refractivity contribution in [1.82, 2.24) is 19.8 Å². The summed E-state index contributed by atoms with van der Waals surface area (Å²) in [6, 6.07) is 8.26. The van der Waals surface area contributed by atoms with Gasteiger partial charge in [-0.2, -0.15) is 0 Å². The van der Waals surface area contributed by atoms with E-state index in [-0.39, 0.29) is 5.91 Å². The average molecular weight is 286 g/mol. The molecule has 5 heteroatoms. The highest BCUT2D eigenvalue weighted by molar-refractivity contribution is 5.93. The van der Waals surface area contributed by atoms with E-state index in [1.165, 1.54) is 5.56 Å². The van der Waals surface area contributed by atoms with Crippen LogP contribution in [0.25, 0.3) is 0 Å². The summed E-state index contributed by atoms with van der Waals surface area (Å²) in [7, 11) is 5.91. The van der Waals surface area contributed by atoms with Crippen molar-refractivity contribution in [3.63, 3.8) is 0 Å². The second-order valence-corrected chi connectivity index (χ2v) is 5.53. The predicted octanol–water partition coefficient (Wildman–Crippen LogP) is 1.72. The number of nitrogens with zero attached hydrogens (tertiary/aromatic N) is 3. The molecule has 5 nitrogen and oxygen atoms in total. The molecule has 1 N–H and O–H groups in total. The lowest BCUT2D eigenvalue weighted by Crippen LogP contribution is -2.25. The molecule has 2 aromatic rings. The lowest BCUT2D eigenvalue weighted by atomic mass is 10.1. The molecule has 0 aliphatic carbocycles. The van der Waals surface area contributed by atoms with E-state index in [9.17, 15) is 4.79 Å². The lowest BCUT2D eigenvalue weighted by Gasteiger charge is -2.11. The Balaban J connectivity index is 2.01. The number of rotatable bonds is 5. The zero-order valence-corrected chi connectivity index (χ0v) is 13.1. The molecule has 2 rings (SSSR count). The molecular weight excluding hydrogens is 264 g/mol. The van der Waals surface area contributed by atoms with Crippen molar-refractivity contribution in [3.8, 4) is 0 Å². The smallest absolute Gasteiger partial charge is 0.270 e. The minimum Gasteiger partial charge on any atom is -0.347 e. The highest BCUT2D eigenvalue weighted by atomic mass is 16.1. The SMILES string of the molecule is Cc1ncn(C)c1C(=O)NCc1cccc(CN(C)C)c1. The molecule has 1 aromatic heterocycles. The van der Waals surface area contributed by atoms with Crippen LogP contribution in [-0.4, -0.2) is 34.5 Å². The van der Waals surface area contributed by atoms with E-state index >= 15 is 0 Å². The maximum atomic E-state index is 12.2. The summed E-state index contributed by atoms with van der Waals surface area (Å²) in [4.78, 5) is 18.5. The van der Waals surface area contributed by atoms with Gasteiger partial charge in [-0.25, -0.2) is 4.98 Å². The Bertz CT molecular complexity index is 611. The predicted molar refractivity (Wildman–Crippen MR) is 82.9 cm³/mol. The normalized spacial score (nSPS) is 10.9. The first-order chi connectivity index (χ1) is 9.97. The van der Waals surface area contributed by atoms with Gasteiger partial charge >= 0.3 is 0 Å². The van der Waals surface area contributed by atoms with Gasteiger partial charge in [0, 0.05) is 20.1 Å². The zero-order chi connectivity index (χ0) is 15.4. The summed E-state index contributed by atoms with van der Waals surface area (Å²) < 4.78 is 1.74. The van der Waals surface area contributed by atoms with Crippen molar-refractivity contribution in [1.29, 1.82) is 0 Å². The molecule has 1 aromatic carbocycles. The van der Waals surface area contributed by atoms with Crippen molar-refractivity contribution >= 4 is 5.91 Å². The largest absolute Gasteiger partial charge is 0.347 e. The topological polar surface area (TPSA) is 50.2 Å². The van der Waals surface area contributed by atoms with Gasteiger partial charge in [-0.1, -0.05) is 24.3 Å². The van der Waals surface area contributed by atoms with Crippen molar-refractivity contribution in [2.75, 3.05) is 14.1 Å². The van der Waals surface area contributed by atoms with Gasteiger partial charge in [-0.15, -0.1) is 0 Å². The number of nitrogens with one attached hydrogen (secondary N) is 1. The lowest BCUT2D eigenvalue weighted by molar-refractivity contribution is 0.0942. The molecule has 0 aliphatic rings. The van der Waals surface area contributed by atoms with E-state index in [0.717, 1.165) is 17.8 Å². The summed E-state index contributed by atoms with van der Waals surface area (Å²) in [5.41, 5.74) is 3.70. The molecule has 0 radical (unpaired) electrons. The Morgan fingerprint density at radius 2 is 2.05 bits per heavy atom. The zero-order valence-electron chi connectivity index (χ0n) is 13.1. The number of carbonyl (C=O) groups excluding carboxylic acids is 1. The number of amides is 1. The molecule has 0 atom stereocenters. The minimum absolute atomic E-state index is 0.0921. The second-order valence-electron chi connectivity index (χ2n) is 5.53. The number of imidazole rings is 1. The monoisotopic (exact) mass is 286 g/mol. The van der Waals surface area contributed by atoms with Gasteiger partial charge in [-0.05, 0) is 32.1 Å². The first kappa shape index (κ1) is 15.3. The van der Waals surface area contributed by atoms with Crippen molar-refractivity contribution < 1.29 is 4.79 Å². The van der Waals surface area contributed by atoms with Crippen LogP contribution in [0.5, 0.6) is 0 Å². The molecule has 1 heterocycles. The van der Waals surface area contributed by atoms with Crippen LogP contribution < -0.4 is 5.32 Å². The Labute approximate surface area is 125 Å². The summed E-state index contributed by atoms with van der Waals surface area (Å²) in [6.07, 6.45) is 1.65. The highest BCUT2D eigenvalue weighted by Crippen LogP contribution is 2.08. The van der Waals surface area contributed by atoms with Gasteiger partial charge in [0.15, 0.2) is 0 Å². The molecule has 21 heavy (non-hydrogen) atoms. The van der Waals surface area contributed by atoms with Gasteiger partial charge in [0.05, 0.1) is 12.0 Å². The van der Waals surface area contributed by atoms with Crippen molar-refractivity contribution in [3.05, 3.63) is 53.1 Å². The first-order valence-corrected chi connectivity index (χ1v) is 6.96. The van der Waals surface area contributed by atoms with Crippen LogP contribution in [0.15, 0.2) is 30.6 Å². The third-order valence-corrected chi connectivity index (χ3v) is 3.28. The fourth-order valence-electron chi connectivity index (χ4n) is 2.34. The van der Waals surface area contributed by atoms with E-state index in [1.807, 2.05) is 40.2 Å². The maximum absolute atomic E-state index is 12.2. The number of carbonyl (C=O) groups is 1. The van der Waals surface area contributed by atoms with Gasteiger partial charge in [-0.3, -0.25) is 4.79 Å². The molecule has 0 bridgehead atoms. The van der Waals surface area contributed by atoms with E-state index in [0.29, 0.717) is 12.2 Å². The Morgan fingerprint density at radius 3 is 2.67 bits per heavy atom. The Morgan fingerprint density at radius 1 is 1.33 bits per heavy atom. The van der Waals surface area contributed by atoms with Crippen LogP contribution in [0.4, 0.5) is 0 Å². The molecule has 0 aliphatic heterocycles. The molecule has 0 spiro atoms. The molecule has 0 unspecified atom stereocenters. The molecule has 0 saturated heterocycles. The summed E-state index contributed by atoms with van der Waals surface area (Å²) in [5, 5.41) is 2.95. The maximum Gasteiger partial charge on any atom is 0.270 e. The second kappa shape index (κ2) is 6.54. The highest BCUT2D eigenvalue weighted by Gasteiger charge is 2.13. The van der Waals surface area contributed by atoms with Crippen molar-refractivity contribution in [2.24, 2.45) is 7.05 Å². The fraction of sp³-hybridized carbons (Fsp3) is 0.375. The average Bonchev–Trinajstić information content (AvgIpc) is 2.75. The van der Waals surface area contributed by atoms with E-state index in [4.69, 9.17) is 0 Å². The van der Waals surface area contributed by atoms with Crippen LogP contribution in [0.3, 0.4) is 0 Å². The number of aryl methyl sites for hydroxylation is 2. The van der Waals surface area contributed by atoms with Gasteiger partial charge < -0.3 is 14.8 Å². The molecule has 112 valence electrons.